The van der Waals surface area contributed by atoms with Crippen LogP contribution in [0.3, 0.4) is 0 Å². The van der Waals surface area contributed by atoms with Crippen LogP contribution in [0, 0.1) is 0 Å². The molecule has 0 saturated heterocycles. The average molecular weight is 456 g/mol. The Bertz CT molecular complexity index is 971. The topological polar surface area (TPSA) is 120 Å². The van der Waals surface area contributed by atoms with Crippen molar-refractivity contribution in [2.75, 3.05) is 24.4 Å². The fourth-order valence-electron chi connectivity index (χ4n) is 2.70. The van der Waals surface area contributed by atoms with E-state index in [-0.39, 0.29) is 31.3 Å². The van der Waals surface area contributed by atoms with Crippen molar-refractivity contribution in [1.29, 1.82) is 0 Å². The van der Waals surface area contributed by atoms with Crippen LogP contribution in [-0.2, 0) is 23.9 Å². The zero-order valence-corrected chi connectivity index (χ0v) is 18.9. The summed E-state index contributed by atoms with van der Waals surface area (Å²) in [4.78, 5) is 47.6. The van der Waals surface area contributed by atoms with Gasteiger partial charge in [0.25, 0.3) is 5.91 Å². The average Bonchev–Trinajstić information content (AvgIpc) is 2.78. The van der Waals surface area contributed by atoms with Crippen molar-refractivity contribution < 1.29 is 33.4 Å². The Morgan fingerprint density at radius 3 is 2.24 bits per heavy atom. The van der Waals surface area contributed by atoms with Crippen molar-refractivity contribution in [1.82, 2.24) is 0 Å². The number of anilines is 2. The maximum atomic E-state index is 12.1. The standard InChI is InChI=1S/C24H28N2O7/c1-16(2)33-24(30)17-10-12-18(13-11-17)25-21(27)8-5-9-23(29)32-15-22(28)26-19-6-4-7-20(14-19)31-3/h4,6-7,10-14,16H,5,8-9,15H2,1-3H3,(H,25,27)(H,26,28). The summed E-state index contributed by atoms with van der Waals surface area (Å²) in [6.07, 6.45) is 0.147. The van der Waals surface area contributed by atoms with Crippen LogP contribution >= 0.6 is 0 Å². The fraction of sp³-hybridized carbons (Fsp3) is 0.333. The minimum absolute atomic E-state index is 0.000158. The van der Waals surface area contributed by atoms with Crippen molar-refractivity contribution >= 4 is 35.1 Å². The van der Waals surface area contributed by atoms with E-state index in [9.17, 15) is 19.2 Å². The van der Waals surface area contributed by atoms with Gasteiger partial charge in [0, 0.05) is 30.3 Å². The van der Waals surface area contributed by atoms with Crippen LogP contribution in [-0.4, -0.2) is 43.6 Å². The summed E-state index contributed by atoms with van der Waals surface area (Å²) in [7, 11) is 1.52. The molecule has 2 aromatic carbocycles. The van der Waals surface area contributed by atoms with E-state index in [2.05, 4.69) is 10.6 Å². The van der Waals surface area contributed by atoms with Gasteiger partial charge >= 0.3 is 11.9 Å². The van der Waals surface area contributed by atoms with Crippen molar-refractivity contribution in [2.24, 2.45) is 0 Å². The zero-order valence-electron chi connectivity index (χ0n) is 18.9. The van der Waals surface area contributed by atoms with Gasteiger partial charge in [0.15, 0.2) is 6.61 Å². The fourth-order valence-corrected chi connectivity index (χ4v) is 2.70. The van der Waals surface area contributed by atoms with E-state index in [4.69, 9.17) is 14.2 Å². The lowest BCUT2D eigenvalue weighted by molar-refractivity contribution is -0.147. The van der Waals surface area contributed by atoms with Crippen LogP contribution in [0.1, 0.15) is 43.5 Å². The molecule has 0 unspecified atom stereocenters. The summed E-state index contributed by atoms with van der Waals surface area (Å²) >= 11 is 0. The summed E-state index contributed by atoms with van der Waals surface area (Å²) in [6, 6.07) is 13.1. The third-order valence-corrected chi connectivity index (χ3v) is 4.25. The largest absolute Gasteiger partial charge is 0.497 e. The molecule has 0 fully saturated rings. The molecular formula is C24H28N2O7. The maximum absolute atomic E-state index is 12.1. The molecule has 0 bridgehead atoms. The molecule has 33 heavy (non-hydrogen) atoms. The second-order valence-corrected chi connectivity index (χ2v) is 7.37. The van der Waals surface area contributed by atoms with Gasteiger partial charge in [0.2, 0.25) is 5.91 Å². The molecule has 2 amide bonds. The molecule has 0 aromatic heterocycles. The number of hydrogen-bond donors (Lipinski definition) is 2. The summed E-state index contributed by atoms with van der Waals surface area (Å²) in [5.41, 5.74) is 1.44. The van der Waals surface area contributed by atoms with Crippen molar-refractivity contribution in [3.05, 3.63) is 54.1 Å². The van der Waals surface area contributed by atoms with Gasteiger partial charge in [-0.25, -0.2) is 4.79 Å². The molecule has 0 atom stereocenters. The maximum Gasteiger partial charge on any atom is 0.338 e. The number of ether oxygens (including phenoxy) is 3. The SMILES string of the molecule is COc1cccc(NC(=O)COC(=O)CCCC(=O)Nc2ccc(C(=O)OC(C)C)cc2)c1. The summed E-state index contributed by atoms with van der Waals surface area (Å²) in [6.45, 7) is 3.10. The van der Waals surface area contributed by atoms with Gasteiger partial charge in [-0.15, -0.1) is 0 Å². The lowest BCUT2D eigenvalue weighted by Crippen LogP contribution is -2.21. The van der Waals surface area contributed by atoms with Gasteiger partial charge in [0.1, 0.15) is 5.75 Å². The molecule has 2 rings (SSSR count). The highest BCUT2D eigenvalue weighted by Crippen LogP contribution is 2.16. The normalized spacial score (nSPS) is 10.3. The molecule has 0 aliphatic rings. The summed E-state index contributed by atoms with van der Waals surface area (Å²) in [5.74, 6) is -1.17. The first kappa shape index (κ1) is 25.4. The van der Waals surface area contributed by atoms with Crippen molar-refractivity contribution in [3.8, 4) is 5.75 Å². The lowest BCUT2D eigenvalue weighted by Gasteiger charge is -2.09. The Morgan fingerprint density at radius 2 is 1.58 bits per heavy atom. The Labute approximate surface area is 192 Å². The molecule has 0 saturated carbocycles. The van der Waals surface area contributed by atoms with Crippen LogP contribution in [0.25, 0.3) is 0 Å². The molecule has 2 aromatic rings. The summed E-state index contributed by atoms with van der Waals surface area (Å²) < 4.78 is 15.1. The molecule has 9 nitrogen and oxygen atoms in total. The van der Waals surface area contributed by atoms with Crippen LogP contribution in [0.15, 0.2) is 48.5 Å². The third kappa shape index (κ3) is 9.42. The van der Waals surface area contributed by atoms with Crippen molar-refractivity contribution in [2.45, 2.75) is 39.2 Å². The number of rotatable bonds is 11. The number of carbonyl (C=O) groups is 4. The first-order valence-electron chi connectivity index (χ1n) is 10.5. The first-order valence-corrected chi connectivity index (χ1v) is 10.5. The molecule has 0 spiro atoms. The molecule has 176 valence electrons. The zero-order chi connectivity index (χ0) is 24.2. The molecular weight excluding hydrogens is 428 g/mol. The predicted molar refractivity (Wildman–Crippen MR) is 122 cm³/mol. The number of amides is 2. The minimum Gasteiger partial charge on any atom is -0.497 e. The number of carbonyl (C=O) groups excluding carboxylic acids is 4. The molecule has 0 aliphatic heterocycles. The molecule has 0 aliphatic carbocycles. The highest BCUT2D eigenvalue weighted by molar-refractivity contribution is 5.94. The third-order valence-electron chi connectivity index (χ3n) is 4.25. The van der Waals surface area contributed by atoms with Gasteiger partial charge in [-0.2, -0.15) is 0 Å². The smallest absolute Gasteiger partial charge is 0.338 e. The predicted octanol–water partition coefficient (Wildman–Crippen LogP) is 3.55. The Balaban J connectivity index is 1.65. The Morgan fingerprint density at radius 1 is 0.879 bits per heavy atom. The quantitative estimate of drug-likeness (QED) is 0.496. The molecule has 2 N–H and O–H groups in total. The van der Waals surface area contributed by atoms with Gasteiger partial charge in [-0.05, 0) is 56.7 Å². The van der Waals surface area contributed by atoms with Crippen LogP contribution < -0.4 is 15.4 Å². The van der Waals surface area contributed by atoms with Gasteiger partial charge in [-0.3, -0.25) is 14.4 Å². The second kappa shape index (κ2) is 12.8. The van der Waals surface area contributed by atoms with E-state index in [1.54, 1.807) is 62.4 Å². The van der Waals surface area contributed by atoms with Gasteiger partial charge in [0.05, 0.1) is 18.8 Å². The van der Waals surface area contributed by atoms with E-state index in [0.29, 0.717) is 22.7 Å². The minimum atomic E-state index is -0.573. The monoisotopic (exact) mass is 456 g/mol. The number of hydrogen-bond acceptors (Lipinski definition) is 7. The molecule has 9 heteroatoms. The van der Waals surface area contributed by atoms with E-state index >= 15 is 0 Å². The van der Waals surface area contributed by atoms with Crippen LogP contribution in [0.5, 0.6) is 5.75 Å². The van der Waals surface area contributed by atoms with E-state index < -0.39 is 24.5 Å². The first-order chi connectivity index (χ1) is 15.8. The van der Waals surface area contributed by atoms with Gasteiger partial charge in [-0.1, -0.05) is 6.07 Å². The second-order valence-electron chi connectivity index (χ2n) is 7.37. The van der Waals surface area contributed by atoms with E-state index in [0.717, 1.165) is 0 Å². The lowest BCUT2D eigenvalue weighted by atomic mass is 10.2. The molecule has 0 heterocycles. The molecule has 0 radical (unpaired) electrons. The number of methoxy groups -OCH3 is 1. The highest BCUT2D eigenvalue weighted by atomic mass is 16.5. The number of benzene rings is 2. The van der Waals surface area contributed by atoms with Crippen molar-refractivity contribution in [3.63, 3.8) is 0 Å². The highest BCUT2D eigenvalue weighted by Gasteiger charge is 2.11. The number of nitrogens with one attached hydrogen (secondary N) is 2. The van der Waals surface area contributed by atoms with Gasteiger partial charge < -0.3 is 24.8 Å². The number of esters is 2. The Kier molecular flexibility index (Phi) is 9.88. The Hall–Kier alpha value is -3.88. The van der Waals surface area contributed by atoms with Crippen LogP contribution in [0.4, 0.5) is 11.4 Å². The van der Waals surface area contributed by atoms with E-state index in [1.165, 1.54) is 7.11 Å². The van der Waals surface area contributed by atoms with E-state index in [1.807, 2.05) is 0 Å². The van der Waals surface area contributed by atoms with Crippen LogP contribution in [0.2, 0.25) is 0 Å². The summed E-state index contributed by atoms with van der Waals surface area (Å²) in [5, 5.41) is 5.30.